The zero-order chi connectivity index (χ0) is 29.1. The molecule has 1 aliphatic rings. The van der Waals surface area contributed by atoms with E-state index in [0.717, 1.165) is 46.0 Å². The minimum absolute atomic E-state index is 0.163. The van der Waals surface area contributed by atoms with Gasteiger partial charge in [-0.25, -0.2) is 4.39 Å². The highest BCUT2D eigenvalue weighted by molar-refractivity contribution is 6.08. The molecule has 2 N–H and O–H groups in total. The molecule has 1 amide bonds. The second-order valence-electron chi connectivity index (χ2n) is 11.2. The molecule has 0 unspecified atom stereocenters. The lowest BCUT2D eigenvalue weighted by molar-refractivity contribution is -0.143. The topological polar surface area (TPSA) is 71.3 Å². The van der Waals surface area contributed by atoms with Gasteiger partial charge in [0.2, 0.25) is 0 Å². The molecule has 1 aromatic heterocycles. The maximum atomic E-state index is 13.7. The average Bonchev–Trinajstić information content (AvgIpc) is 3.43. The van der Waals surface area contributed by atoms with Gasteiger partial charge in [-0.05, 0) is 89.8 Å². The Kier molecular flexibility index (Phi) is 7.87. The van der Waals surface area contributed by atoms with Crippen LogP contribution in [-0.4, -0.2) is 28.1 Å². The smallest absolute Gasteiger partial charge is 0.306 e. The predicted molar refractivity (Wildman–Crippen MR) is 164 cm³/mol. The van der Waals surface area contributed by atoms with Gasteiger partial charge >= 0.3 is 5.97 Å². The first-order valence-electron chi connectivity index (χ1n) is 14.5. The lowest BCUT2D eigenvalue weighted by atomic mass is 9.82. The largest absolute Gasteiger partial charge is 0.481 e. The Bertz CT molecular complexity index is 1700. The SMILES string of the molecule is O=C(NCC1CCC(C(=O)O)CC1)c1cc(-c2ccc(F)cc2)cc2ccn(Cc3ccc(-c4ccccc4)cc3)c12. The summed E-state index contributed by atoms with van der Waals surface area (Å²) in [6, 6.07) is 31.0. The summed E-state index contributed by atoms with van der Waals surface area (Å²) in [6.45, 7) is 1.11. The zero-order valence-corrected chi connectivity index (χ0v) is 23.3. The number of carbonyl (C=O) groups is 2. The van der Waals surface area contributed by atoms with Gasteiger partial charge in [0.1, 0.15) is 5.82 Å². The highest BCUT2D eigenvalue weighted by Crippen LogP contribution is 2.31. The number of carbonyl (C=O) groups excluding carboxylic acids is 1. The molecule has 0 spiro atoms. The quantitative estimate of drug-likeness (QED) is 0.204. The first kappa shape index (κ1) is 27.5. The predicted octanol–water partition coefficient (Wildman–Crippen LogP) is 7.78. The normalized spacial score (nSPS) is 16.8. The molecular weight excluding hydrogens is 527 g/mol. The van der Waals surface area contributed by atoms with Crippen molar-refractivity contribution in [2.75, 3.05) is 6.54 Å². The minimum atomic E-state index is -0.729. The molecule has 1 saturated carbocycles. The third kappa shape index (κ3) is 5.98. The molecule has 5 nitrogen and oxygen atoms in total. The van der Waals surface area contributed by atoms with Crippen molar-refractivity contribution >= 4 is 22.8 Å². The van der Waals surface area contributed by atoms with Crippen LogP contribution in [0.5, 0.6) is 0 Å². The molecule has 1 fully saturated rings. The van der Waals surface area contributed by atoms with Crippen LogP contribution in [0.2, 0.25) is 0 Å². The molecule has 4 aromatic carbocycles. The Morgan fingerprint density at radius 2 is 1.43 bits per heavy atom. The van der Waals surface area contributed by atoms with Crippen LogP contribution in [-0.2, 0) is 11.3 Å². The average molecular weight is 561 g/mol. The van der Waals surface area contributed by atoms with Crippen LogP contribution in [0, 0.1) is 17.7 Å². The Morgan fingerprint density at radius 1 is 0.786 bits per heavy atom. The number of halogens is 1. The van der Waals surface area contributed by atoms with E-state index in [1.807, 2.05) is 42.6 Å². The van der Waals surface area contributed by atoms with Gasteiger partial charge in [0.15, 0.2) is 0 Å². The molecule has 1 aliphatic carbocycles. The Hall–Kier alpha value is -4.71. The molecule has 0 atom stereocenters. The highest BCUT2D eigenvalue weighted by atomic mass is 19.1. The third-order valence-corrected chi connectivity index (χ3v) is 8.44. The third-order valence-electron chi connectivity index (χ3n) is 8.44. The van der Waals surface area contributed by atoms with Crippen LogP contribution in [0.25, 0.3) is 33.2 Å². The molecule has 0 aliphatic heterocycles. The fraction of sp³-hybridized carbons (Fsp3) is 0.222. The van der Waals surface area contributed by atoms with E-state index in [0.29, 0.717) is 31.5 Å². The second-order valence-corrected chi connectivity index (χ2v) is 11.2. The molecule has 1 heterocycles. The van der Waals surface area contributed by atoms with Crippen molar-refractivity contribution in [1.82, 2.24) is 9.88 Å². The summed E-state index contributed by atoms with van der Waals surface area (Å²) in [5.41, 5.74) is 6.54. The minimum Gasteiger partial charge on any atom is -0.481 e. The fourth-order valence-electron chi connectivity index (χ4n) is 6.04. The van der Waals surface area contributed by atoms with Crippen molar-refractivity contribution in [3.05, 3.63) is 120 Å². The van der Waals surface area contributed by atoms with Gasteiger partial charge in [0.05, 0.1) is 17.0 Å². The molecule has 212 valence electrons. The molecule has 5 aromatic rings. The molecule has 6 heteroatoms. The highest BCUT2D eigenvalue weighted by Gasteiger charge is 2.26. The van der Waals surface area contributed by atoms with Crippen LogP contribution in [0.4, 0.5) is 4.39 Å². The number of aliphatic carboxylic acids is 1. The number of hydrogen-bond donors (Lipinski definition) is 2. The van der Waals surface area contributed by atoms with E-state index in [1.54, 1.807) is 12.1 Å². The van der Waals surface area contributed by atoms with Gasteiger partial charge in [-0.1, -0.05) is 66.7 Å². The lowest BCUT2D eigenvalue weighted by Crippen LogP contribution is -2.32. The summed E-state index contributed by atoms with van der Waals surface area (Å²) in [5.74, 6) is -1.22. The monoisotopic (exact) mass is 560 g/mol. The van der Waals surface area contributed by atoms with E-state index in [1.165, 1.54) is 17.7 Å². The number of nitrogens with one attached hydrogen (secondary N) is 1. The van der Waals surface area contributed by atoms with E-state index < -0.39 is 5.97 Å². The molecule has 42 heavy (non-hydrogen) atoms. The summed E-state index contributed by atoms with van der Waals surface area (Å²) in [6.07, 6.45) is 4.88. The van der Waals surface area contributed by atoms with Crippen molar-refractivity contribution in [1.29, 1.82) is 0 Å². The summed E-state index contributed by atoms with van der Waals surface area (Å²) < 4.78 is 15.7. The van der Waals surface area contributed by atoms with Crippen molar-refractivity contribution in [3.63, 3.8) is 0 Å². The molecule has 0 radical (unpaired) electrons. The van der Waals surface area contributed by atoms with Gasteiger partial charge in [-0.2, -0.15) is 0 Å². The lowest BCUT2D eigenvalue weighted by Gasteiger charge is -2.26. The number of aromatic nitrogens is 1. The van der Waals surface area contributed by atoms with E-state index in [4.69, 9.17) is 0 Å². The van der Waals surface area contributed by atoms with Gasteiger partial charge < -0.3 is 15.0 Å². The van der Waals surface area contributed by atoms with Crippen molar-refractivity contribution in [3.8, 4) is 22.3 Å². The molecule has 0 bridgehead atoms. The van der Waals surface area contributed by atoms with Crippen LogP contribution in [0.3, 0.4) is 0 Å². The summed E-state index contributed by atoms with van der Waals surface area (Å²) in [4.78, 5) is 25.1. The fourth-order valence-corrected chi connectivity index (χ4v) is 6.04. The van der Waals surface area contributed by atoms with E-state index in [2.05, 4.69) is 46.3 Å². The second kappa shape index (κ2) is 12.0. The van der Waals surface area contributed by atoms with Gasteiger partial charge in [0, 0.05) is 24.7 Å². The van der Waals surface area contributed by atoms with Crippen LogP contribution >= 0.6 is 0 Å². The number of carboxylic acids is 1. The van der Waals surface area contributed by atoms with Crippen LogP contribution in [0.1, 0.15) is 41.6 Å². The maximum absolute atomic E-state index is 13.7. The maximum Gasteiger partial charge on any atom is 0.306 e. The van der Waals surface area contributed by atoms with Crippen molar-refractivity contribution < 1.29 is 19.1 Å². The molecular formula is C36H33FN2O3. The molecule has 6 rings (SSSR count). The van der Waals surface area contributed by atoms with Crippen molar-refractivity contribution in [2.45, 2.75) is 32.2 Å². The first-order valence-corrected chi connectivity index (χ1v) is 14.5. The van der Waals surface area contributed by atoms with E-state index in [9.17, 15) is 19.1 Å². The number of fused-ring (bicyclic) bond motifs is 1. The first-order chi connectivity index (χ1) is 20.4. The number of hydrogen-bond acceptors (Lipinski definition) is 2. The Labute approximate surface area is 244 Å². The Morgan fingerprint density at radius 3 is 2.12 bits per heavy atom. The number of benzene rings is 4. The Balaban J connectivity index is 1.28. The number of rotatable bonds is 8. The standard InChI is InChI=1S/C36H33FN2O3/c37-32-16-14-28(15-17-32)31-20-30-18-19-39(23-25-8-10-27(11-9-25)26-4-2-1-3-5-26)34(30)33(21-31)35(40)38-22-24-6-12-29(13-7-24)36(41)42/h1-5,8-11,14-21,24,29H,6-7,12-13,22-23H2,(H,38,40)(H,41,42). The summed E-state index contributed by atoms with van der Waals surface area (Å²) in [7, 11) is 0. The number of carboxylic acid groups (broad SMARTS) is 1. The summed E-state index contributed by atoms with van der Waals surface area (Å²) >= 11 is 0. The number of nitrogens with zero attached hydrogens (tertiary/aromatic N) is 1. The van der Waals surface area contributed by atoms with Crippen LogP contribution < -0.4 is 5.32 Å². The molecule has 0 saturated heterocycles. The van der Waals surface area contributed by atoms with Gasteiger partial charge in [0.25, 0.3) is 5.91 Å². The van der Waals surface area contributed by atoms with Crippen LogP contribution in [0.15, 0.2) is 103 Å². The zero-order valence-electron chi connectivity index (χ0n) is 23.3. The number of amides is 1. The van der Waals surface area contributed by atoms with Crippen molar-refractivity contribution in [2.24, 2.45) is 11.8 Å². The summed E-state index contributed by atoms with van der Waals surface area (Å²) in [5, 5.41) is 13.4. The van der Waals surface area contributed by atoms with E-state index >= 15 is 0 Å². The van der Waals surface area contributed by atoms with E-state index in [-0.39, 0.29) is 23.6 Å². The van der Waals surface area contributed by atoms with Gasteiger partial charge in [-0.3, -0.25) is 9.59 Å². The van der Waals surface area contributed by atoms with Gasteiger partial charge in [-0.15, -0.1) is 0 Å².